The van der Waals surface area contributed by atoms with Crippen molar-refractivity contribution in [1.29, 1.82) is 0 Å². The number of aliphatic hydroxyl groups excluding tert-OH is 3. The van der Waals surface area contributed by atoms with Crippen LogP contribution in [0.15, 0.2) is 120 Å². The summed E-state index contributed by atoms with van der Waals surface area (Å²) in [6, 6.07) is 21.2. The standard InChI is InChI=1S/C17H19BrN2O4S.C11H16BrN3O.C10H13BrN2O2.C10H19NO4.C5H3BrFN.C5H11NO2.CH5N/c1-13-2-4-16(5-3-13)25(21,22)24-12-15-11-20(8-9-23-15)17-10-14(18)6-7-19-17;1-13-7-10-8-15(4-5-16-10)11-6-9(12)2-3-14-11;11-8-1-2-12-10(5-8)13-3-4-15-9(6-13)7-14;1-10(2,3)15-9(13)11-4-5-14-8(6-11)7-12;6-4-1-2-8-5(7)3-4;7-4-5-3-6-1-2-8-5;1-2/h2-7,10,15H,8-9,11-12H2,1H3;2-3,6,10,13H,4-5,7-8H2,1H3;1-2,5,9,14H,3-4,6-7H2;8,12H,4-7H2,1-3H3;1-3H;5-7H,1-4H2;2H2,1H3/t15-;10-;9-;8-;;5-;/m0100.0./s1. The zero-order chi connectivity index (χ0) is 65.2. The van der Waals surface area contributed by atoms with E-state index in [0.29, 0.717) is 57.0 Å². The first-order valence-electron chi connectivity index (χ1n) is 28.8. The van der Waals surface area contributed by atoms with Crippen molar-refractivity contribution in [1.82, 2.24) is 35.5 Å². The lowest BCUT2D eigenvalue weighted by Gasteiger charge is -2.33. The summed E-state index contributed by atoms with van der Waals surface area (Å²) < 4.78 is 77.7. The van der Waals surface area contributed by atoms with Gasteiger partial charge < -0.3 is 79.7 Å². The molecule has 1 amide bonds. The van der Waals surface area contributed by atoms with Gasteiger partial charge in [-0.15, -0.1) is 0 Å². The van der Waals surface area contributed by atoms with Gasteiger partial charge in [0.1, 0.15) is 23.1 Å². The predicted molar refractivity (Wildman–Crippen MR) is 353 cm³/mol. The first kappa shape index (κ1) is 77.3. The molecule has 5 aromatic rings. The van der Waals surface area contributed by atoms with Gasteiger partial charge in [0.15, 0.2) is 0 Å². The predicted octanol–water partition coefficient (Wildman–Crippen LogP) is 6.21. The van der Waals surface area contributed by atoms with Crippen LogP contribution in [-0.4, -0.2) is 236 Å². The first-order chi connectivity index (χ1) is 42.7. The summed E-state index contributed by atoms with van der Waals surface area (Å²) in [5.74, 6) is 2.30. The Bertz CT molecular complexity index is 2880. The highest BCUT2D eigenvalue weighted by Gasteiger charge is 2.29. The topological polar surface area (TPSA) is 291 Å². The first-order valence-corrected chi connectivity index (χ1v) is 33.4. The molecule has 0 spiro atoms. The number of carbonyl (C=O) groups is 1. The summed E-state index contributed by atoms with van der Waals surface area (Å²) in [6.07, 6.45) is 5.93. The van der Waals surface area contributed by atoms with Crippen LogP contribution in [0.1, 0.15) is 26.3 Å². The number of halogens is 5. The van der Waals surface area contributed by atoms with E-state index in [-0.39, 0.29) is 67.9 Å². The Balaban J connectivity index is 0.000000236. The molecule has 5 aliphatic rings. The number of nitrogens with zero attached hydrogens (tertiary/aromatic N) is 8. The third-order valence-corrected chi connectivity index (χ3v) is 16.0. The molecule has 5 saturated heterocycles. The normalized spacial score (nSPS) is 20.1. The molecule has 30 heteroatoms. The van der Waals surface area contributed by atoms with E-state index in [0.717, 1.165) is 88.9 Å². The molecule has 0 saturated carbocycles. The number of carbonyl (C=O) groups excluding carboxylic acids is 1. The van der Waals surface area contributed by atoms with E-state index in [1.807, 2.05) is 77.3 Å². The molecule has 5 aliphatic heterocycles. The number of hydrogen-bond donors (Lipinski definition) is 6. The molecule has 0 unspecified atom stereocenters. The van der Waals surface area contributed by atoms with Crippen molar-refractivity contribution in [2.75, 3.05) is 160 Å². The quantitative estimate of drug-likeness (QED) is 0.0597. The lowest BCUT2D eigenvalue weighted by atomic mass is 10.2. The van der Waals surface area contributed by atoms with Crippen molar-refractivity contribution in [3.8, 4) is 0 Å². The number of aliphatic hydroxyl groups is 3. The zero-order valence-corrected chi connectivity index (χ0v) is 58.3. The molecule has 1 aromatic carbocycles. The molecule has 10 rings (SSSR count). The number of morpholine rings is 5. The second-order valence-electron chi connectivity index (χ2n) is 20.9. The lowest BCUT2D eigenvalue weighted by Crippen LogP contribution is -2.48. The Morgan fingerprint density at radius 2 is 1.07 bits per heavy atom. The van der Waals surface area contributed by atoms with Crippen molar-refractivity contribution in [2.45, 2.75) is 68.7 Å². The van der Waals surface area contributed by atoms with Crippen LogP contribution in [0.5, 0.6) is 0 Å². The number of nitrogens with two attached hydrogens (primary N) is 1. The van der Waals surface area contributed by atoms with Gasteiger partial charge >= 0.3 is 6.09 Å². The summed E-state index contributed by atoms with van der Waals surface area (Å²) in [4.78, 5) is 36.2. The fraction of sp³-hybridized carbons (Fsp3) is 0.542. The largest absolute Gasteiger partial charge is 0.444 e. The van der Waals surface area contributed by atoms with E-state index in [1.165, 1.54) is 19.3 Å². The van der Waals surface area contributed by atoms with Crippen molar-refractivity contribution in [3.05, 3.63) is 127 Å². The Morgan fingerprint density at radius 1 is 0.640 bits per heavy atom. The number of benzene rings is 1. The summed E-state index contributed by atoms with van der Waals surface area (Å²) in [7, 11) is -0.343. The molecule has 496 valence electrons. The summed E-state index contributed by atoms with van der Waals surface area (Å²) in [5, 5.41) is 32.7. The number of pyridine rings is 4. The molecule has 24 nitrogen and oxygen atoms in total. The maximum absolute atomic E-state index is 12.3. The minimum absolute atomic E-state index is 0.0271. The van der Waals surface area contributed by atoms with Crippen molar-refractivity contribution >= 4 is 97.4 Å². The molecule has 4 aromatic heterocycles. The van der Waals surface area contributed by atoms with Crippen molar-refractivity contribution in [2.24, 2.45) is 5.73 Å². The third-order valence-electron chi connectivity index (χ3n) is 12.8. The molecular formula is C59H86Br4FN11O13S. The fourth-order valence-electron chi connectivity index (χ4n) is 8.42. The Hall–Kier alpha value is -4.19. The highest BCUT2D eigenvalue weighted by Crippen LogP contribution is 2.23. The molecule has 0 radical (unpaired) electrons. The van der Waals surface area contributed by atoms with Crippen molar-refractivity contribution in [3.63, 3.8) is 0 Å². The number of anilines is 3. The molecule has 7 N–H and O–H groups in total. The zero-order valence-electron chi connectivity index (χ0n) is 51.1. The second-order valence-corrected chi connectivity index (χ2v) is 26.2. The smallest absolute Gasteiger partial charge is 0.410 e. The van der Waals surface area contributed by atoms with E-state index in [9.17, 15) is 17.6 Å². The molecule has 89 heavy (non-hydrogen) atoms. The molecule has 5 atom stereocenters. The van der Waals surface area contributed by atoms with Crippen LogP contribution in [0, 0.1) is 12.9 Å². The number of amides is 1. The number of rotatable bonds is 12. The van der Waals surface area contributed by atoms with Gasteiger partial charge in [-0.1, -0.05) is 81.4 Å². The number of likely N-dealkylation sites (N-methyl/N-ethyl adjacent to an activating group) is 1. The van der Waals surface area contributed by atoms with Gasteiger partial charge in [0, 0.05) is 114 Å². The van der Waals surface area contributed by atoms with Gasteiger partial charge in [-0.3, -0.25) is 4.18 Å². The third kappa shape index (κ3) is 30.4. The van der Waals surface area contributed by atoms with Crippen LogP contribution in [0.3, 0.4) is 0 Å². The number of hydrogen-bond acceptors (Lipinski definition) is 23. The lowest BCUT2D eigenvalue weighted by molar-refractivity contribution is -0.0593. The molecule has 9 heterocycles. The summed E-state index contributed by atoms with van der Waals surface area (Å²) in [5.41, 5.74) is 5.01. The number of aromatic nitrogens is 4. The van der Waals surface area contributed by atoms with E-state index in [1.54, 1.807) is 47.6 Å². The van der Waals surface area contributed by atoms with Gasteiger partial charge in [-0.25, -0.2) is 24.7 Å². The second kappa shape index (κ2) is 42.1. The minimum atomic E-state index is -3.79. The van der Waals surface area contributed by atoms with Gasteiger partial charge in [0.25, 0.3) is 10.1 Å². The number of ether oxygens (including phenoxy) is 6. The molecular weight excluding hydrogens is 1440 g/mol. The maximum atomic E-state index is 12.3. The van der Waals surface area contributed by atoms with Crippen LogP contribution < -0.4 is 31.1 Å². The molecule has 0 bridgehead atoms. The van der Waals surface area contributed by atoms with E-state index < -0.39 is 21.7 Å². The van der Waals surface area contributed by atoms with Crippen LogP contribution in [0.2, 0.25) is 0 Å². The molecule has 5 fully saturated rings. The average molecular weight is 1530 g/mol. The van der Waals surface area contributed by atoms with E-state index >= 15 is 0 Å². The van der Waals surface area contributed by atoms with Gasteiger partial charge in [0.05, 0.1) is 101 Å². The average Bonchev–Trinajstić information content (AvgIpc) is 3.68. The van der Waals surface area contributed by atoms with Crippen LogP contribution >= 0.6 is 63.7 Å². The number of nitrogens with one attached hydrogen (secondary N) is 2. The Kier molecular flexibility index (Phi) is 36.6. The summed E-state index contributed by atoms with van der Waals surface area (Å²) in [6.45, 7) is 18.6. The van der Waals surface area contributed by atoms with Crippen molar-refractivity contribution < 1.29 is 65.5 Å². The maximum Gasteiger partial charge on any atom is 0.410 e. The van der Waals surface area contributed by atoms with Crippen LogP contribution in [0.4, 0.5) is 26.6 Å². The van der Waals surface area contributed by atoms with E-state index in [2.05, 4.69) is 115 Å². The van der Waals surface area contributed by atoms with Crippen LogP contribution in [-0.2, 0) is 42.7 Å². The summed E-state index contributed by atoms with van der Waals surface area (Å²) >= 11 is 13.4. The highest BCUT2D eigenvalue weighted by atomic mass is 79.9. The SMILES string of the molecule is CC(C)(C)OC(=O)N1CCO[C@H](CO)C1.CN.CNC[C@@H]1CN(c2cc(Br)ccn2)CCO1.Cc1ccc(S(=O)(=O)OC[C@@H]2CN(c3cc(Br)ccn3)CCO2)cc1.Fc1cc(Br)ccn1.OC[C@@H]1CN(c2cc(Br)ccn2)CCO1.OC[C@@H]1CNCCO1. The van der Waals surface area contributed by atoms with Gasteiger partial charge in [-0.05, 0) is 96.4 Å². The monoisotopic (exact) mass is 1520 g/mol. The Morgan fingerprint density at radius 3 is 1.48 bits per heavy atom. The Labute approximate surface area is 556 Å². The van der Waals surface area contributed by atoms with E-state index in [4.69, 9.17) is 47.9 Å². The molecule has 0 aliphatic carbocycles. The minimum Gasteiger partial charge on any atom is -0.444 e. The highest BCUT2D eigenvalue weighted by molar-refractivity contribution is 9.11. The van der Waals surface area contributed by atoms with Crippen LogP contribution in [0.25, 0.3) is 0 Å². The fourth-order valence-corrected chi connectivity index (χ4v) is 10.6. The van der Waals surface area contributed by atoms with Gasteiger partial charge in [-0.2, -0.15) is 12.8 Å². The van der Waals surface area contributed by atoms with Gasteiger partial charge in [0.2, 0.25) is 5.95 Å². The number of aryl methyl sites for hydroxylation is 1.